The minimum Gasteiger partial charge on any atom is -0.337 e. The fraction of sp³-hybridized carbons (Fsp3) is 0.588. The Bertz CT molecular complexity index is 886. The van der Waals surface area contributed by atoms with Crippen LogP contribution in [0.15, 0.2) is 12.1 Å². The first-order valence-electron chi connectivity index (χ1n) is 8.68. The topological polar surface area (TPSA) is 96.4 Å². The molecule has 1 saturated heterocycles. The van der Waals surface area contributed by atoms with Crippen molar-refractivity contribution in [1.29, 1.82) is 0 Å². The predicted molar refractivity (Wildman–Crippen MR) is 94.8 cm³/mol. The van der Waals surface area contributed by atoms with Gasteiger partial charge in [-0.15, -0.1) is 0 Å². The fourth-order valence-electron chi connectivity index (χ4n) is 3.02. The van der Waals surface area contributed by atoms with Gasteiger partial charge in [-0.05, 0) is 38.8 Å². The number of carbonyl (C=O) groups excluding carboxylic acids is 2. The monoisotopic (exact) mass is 421 g/mol. The number of rotatable bonds is 5. The van der Waals surface area contributed by atoms with E-state index in [-0.39, 0.29) is 36.5 Å². The smallest absolute Gasteiger partial charge is 0.337 e. The van der Waals surface area contributed by atoms with Crippen LogP contribution in [0.3, 0.4) is 0 Å². The van der Waals surface area contributed by atoms with Crippen LogP contribution in [0.25, 0.3) is 0 Å². The molecule has 156 valence electrons. The third-order valence-electron chi connectivity index (χ3n) is 4.64. The summed E-state index contributed by atoms with van der Waals surface area (Å²) < 4.78 is 63.9. The van der Waals surface area contributed by atoms with E-state index in [9.17, 15) is 31.2 Å². The van der Waals surface area contributed by atoms with Crippen LogP contribution in [-0.4, -0.2) is 49.0 Å². The molecule has 1 unspecified atom stereocenters. The number of likely N-dealkylation sites (tertiary alicyclic amines) is 1. The molecule has 1 aromatic heterocycles. The lowest BCUT2D eigenvalue weighted by atomic mass is 9.89. The molecule has 1 aromatic rings. The number of aryl methyl sites for hydroxylation is 1. The van der Waals surface area contributed by atoms with Crippen LogP contribution in [0.5, 0.6) is 0 Å². The van der Waals surface area contributed by atoms with E-state index in [2.05, 4.69) is 4.98 Å². The zero-order valence-corrected chi connectivity index (χ0v) is 16.6. The lowest BCUT2D eigenvalue weighted by Gasteiger charge is -2.24. The highest BCUT2D eigenvalue weighted by molar-refractivity contribution is 7.90. The quantitative estimate of drug-likeness (QED) is 0.786. The summed E-state index contributed by atoms with van der Waals surface area (Å²) in [6.07, 6.45) is -4.02. The molecule has 0 bridgehead atoms. The van der Waals surface area contributed by atoms with Crippen molar-refractivity contribution in [2.75, 3.05) is 18.8 Å². The van der Waals surface area contributed by atoms with E-state index in [4.69, 9.17) is 0 Å². The van der Waals surface area contributed by atoms with Crippen LogP contribution in [-0.2, 0) is 21.0 Å². The highest BCUT2D eigenvalue weighted by atomic mass is 32.2. The van der Waals surface area contributed by atoms with E-state index in [1.807, 2.05) is 4.72 Å². The molecule has 0 saturated carbocycles. The number of carbonyl (C=O) groups is 2. The van der Waals surface area contributed by atoms with E-state index in [0.717, 1.165) is 12.1 Å². The summed E-state index contributed by atoms with van der Waals surface area (Å²) in [4.78, 5) is 29.9. The zero-order valence-electron chi connectivity index (χ0n) is 15.8. The van der Waals surface area contributed by atoms with Gasteiger partial charge in [0.05, 0.1) is 22.4 Å². The summed E-state index contributed by atoms with van der Waals surface area (Å²) in [7, 11) is -3.74. The van der Waals surface area contributed by atoms with Crippen LogP contribution in [0, 0.1) is 12.3 Å². The zero-order chi connectivity index (χ0) is 21.3. The van der Waals surface area contributed by atoms with Gasteiger partial charge in [-0.2, -0.15) is 13.2 Å². The molecule has 1 atom stereocenters. The third-order valence-corrected chi connectivity index (χ3v) is 6.08. The normalized spacial score (nSPS) is 20.3. The van der Waals surface area contributed by atoms with Gasteiger partial charge in [-0.3, -0.25) is 14.3 Å². The molecule has 11 heteroatoms. The lowest BCUT2D eigenvalue weighted by Crippen LogP contribution is -2.45. The number of nitrogens with zero attached hydrogens (tertiary/aromatic N) is 2. The van der Waals surface area contributed by atoms with Crippen LogP contribution in [0.4, 0.5) is 13.2 Å². The number of alkyl halides is 3. The van der Waals surface area contributed by atoms with Gasteiger partial charge in [0.1, 0.15) is 5.69 Å². The average molecular weight is 421 g/mol. The van der Waals surface area contributed by atoms with Crippen molar-refractivity contribution in [1.82, 2.24) is 14.6 Å². The van der Waals surface area contributed by atoms with Crippen molar-refractivity contribution in [3.8, 4) is 0 Å². The molecule has 0 aliphatic carbocycles. The second-order valence-corrected chi connectivity index (χ2v) is 8.96. The molecule has 2 amide bonds. The van der Waals surface area contributed by atoms with Gasteiger partial charge in [0, 0.05) is 13.1 Å². The Hall–Kier alpha value is -2.17. The van der Waals surface area contributed by atoms with E-state index in [1.54, 1.807) is 13.8 Å². The number of sulfonamides is 1. The van der Waals surface area contributed by atoms with Gasteiger partial charge in [-0.25, -0.2) is 13.4 Å². The molecule has 28 heavy (non-hydrogen) atoms. The minimum atomic E-state index is -4.61. The summed E-state index contributed by atoms with van der Waals surface area (Å²) in [5.41, 5.74) is -2.25. The molecule has 0 spiro atoms. The Labute approximate surface area is 161 Å². The minimum absolute atomic E-state index is 0.0104. The first kappa shape index (κ1) is 22.1. The van der Waals surface area contributed by atoms with Gasteiger partial charge < -0.3 is 4.90 Å². The maximum Gasteiger partial charge on any atom is 0.433 e. The van der Waals surface area contributed by atoms with Crippen molar-refractivity contribution >= 4 is 21.8 Å². The number of amides is 2. The summed E-state index contributed by atoms with van der Waals surface area (Å²) in [5, 5.41) is 0. The molecule has 1 N–H and O–H groups in total. The lowest BCUT2D eigenvalue weighted by molar-refractivity contribution is -0.141. The standard InChI is InChI=1S/C17H22F3N3O4S/c1-4-9-28(26,27)22-15(25)16(3)7-8-23(10-16)14(24)12-5-6-13(17(18,19)20)21-11(12)2/h5-6H,4,7-10H2,1-3H3,(H,22,25). The summed E-state index contributed by atoms with van der Waals surface area (Å²) in [5.74, 6) is -1.43. The molecule has 1 aliphatic rings. The highest BCUT2D eigenvalue weighted by Crippen LogP contribution is 2.32. The number of aromatic nitrogens is 1. The molecule has 2 heterocycles. The van der Waals surface area contributed by atoms with E-state index in [0.29, 0.717) is 6.42 Å². The Morgan fingerprint density at radius 1 is 1.32 bits per heavy atom. The van der Waals surface area contributed by atoms with Gasteiger partial charge >= 0.3 is 6.18 Å². The summed E-state index contributed by atoms with van der Waals surface area (Å²) >= 11 is 0. The number of hydrogen-bond donors (Lipinski definition) is 1. The number of hydrogen-bond acceptors (Lipinski definition) is 5. The molecule has 7 nitrogen and oxygen atoms in total. The Kier molecular flexibility index (Phi) is 6.07. The maximum absolute atomic E-state index is 12.7. The van der Waals surface area contributed by atoms with Gasteiger partial charge in [0.25, 0.3) is 5.91 Å². The summed E-state index contributed by atoms with van der Waals surface area (Å²) in [6, 6.07) is 1.80. The SMILES string of the molecule is CCCS(=O)(=O)NC(=O)C1(C)CCN(C(=O)c2ccc(C(F)(F)F)nc2C)C1. The Morgan fingerprint density at radius 2 is 1.96 bits per heavy atom. The van der Waals surface area contributed by atoms with Gasteiger partial charge in [0.2, 0.25) is 15.9 Å². The summed E-state index contributed by atoms with van der Waals surface area (Å²) in [6.45, 7) is 4.66. The maximum atomic E-state index is 12.7. The highest BCUT2D eigenvalue weighted by Gasteiger charge is 2.43. The first-order chi connectivity index (χ1) is 12.8. The van der Waals surface area contributed by atoms with Crippen molar-refractivity contribution in [2.45, 2.75) is 39.8 Å². The van der Waals surface area contributed by atoms with Crippen LogP contribution < -0.4 is 4.72 Å². The molecule has 0 aromatic carbocycles. The predicted octanol–water partition coefficient (Wildman–Crippen LogP) is 2.12. The Balaban J connectivity index is 2.15. The van der Waals surface area contributed by atoms with Crippen molar-refractivity contribution in [2.24, 2.45) is 5.41 Å². The van der Waals surface area contributed by atoms with E-state index < -0.39 is 39.1 Å². The second kappa shape index (κ2) is 7.69. The van der Waals surface area contributed by atoms with E-state index in [1.165, 1.54) is 11.8 Å². The van der Waals surface area contributed by atoms with Gasteiger partial charge in [-0.1, -0.05) is 6.92 Å². The molecule has 2 rings (SSSR count). The van der Waals surface area contributed by atoms with E-state index >= 15 is 0 Å². The molecule has 0 radical (unpaired) electrons. The van der Waals surface area contributed by atoms with Gasteiger partial charge in [0.15, 0.2) is 0 Å². The number of nitrogens with one attached hydrogen (secondary N) is 1. The third kappa shape index (κ3) is 4.81. The van der Waals surface area contributed by atoms with Crippen molar-refractivity contribution < 1.29 is 31.2 Å². The first-order valence-corrected chi connectivity index (χ1v) is 10.3. The molecular weight excluding hydrogens is 399 g/mol. The van der Waals surface area contributed by atoms with Crippen molar-refractivity contribution in [3.63, 3.8) is 0 Å². The van der Waals surface area contributed by atoms with Crippen LogP contribution in [0.2, 0.25) is 0 Å². The number of halogens is 3. The number of pyridine rings is 1. The molecular formula is C17H22F3N3O4S. The Morgan fingerprint density at radius 3 is 2.50 bits per heavy atom. The largest absolute Gasteiger partial charge is 0.433 e. The van der Waals surface area contributed by atoms with Crippen LogP contribution >= 0.6 is 0 Å². The van der Waals surface area contributed by atoms with Crippen molar-refractivity contribution in [3.05, 3.63) is 29.1 Å². The second-order valence-electron chi connectivity index (χ2n) is 7.11. The molecule has 1 aliphatic heterocycles. The molecule has 1 fully saturated rings. The van der Waals surface area contributed by atoms with Crippen LogP contribution in [0.1, 0.15) is 48.4 Å². The average Bonchev–Trinajstić information content (AvgIpc) is 2.96. The fourth-order valence-corrected chi connectivity index (χ4v) is 4.19.